The summed E-state index contributed by atoms with van der Waals surface area (Å²) in [5.74, 6) is 0.446. The molecule has 0 saturated carbocycles. The normalized spacial score (nSPS) is 17.1. The molecule has 8 nitrogen and oxygen atoms in total. The van der Waals surface area contributed by atoms with Gasteiger partial charge in [-0.25, -0.2) is 4.98 Å². The average molecular weight is 460 g/mol. The van der Waals surface area contributed by atoms with E-state index in [0.29, 0.717) is 49.5 Å². The van der Waals surface area contributed by atoms with Crippen LogP contribution in [0.4, 0.5) is 0 Å². The highest BCUT2D eigenvalue weighted by Gasteiger charge is 2.33. The molecule has 1 atom stereocenters. The Kier molecular flexibility index (Phi) is 10.2. The minimum Gasteiger partial charge on any atom is -0.366 e. The standard InChI is InChI=1S/C20H29N5O3.2ClH/c1-3-20(4-2,13-21)24-19(27)16-11-25(9-10-28-16)12-17-22-15-8-6-5-7-14(15)18(26)23-17;;/h5-8,16H,3-4,9-13,21H2,1-2H3,(H,24,27)(H,22,23,26);2*1H. The molecule has 30 heavy (non-hydrogen) atoms. The van der Waals surface area contributed by atoms with Crippen molar-refractivity contribution >= 4 is 41.6 Å². The number of hydrogen-bond donors (Lipinski definition) is 3. The van der Waals surface area contributed by atoms with Crippen molar-refractivity contribution < 1.29 is 9.53 Å². The van der Waals surface area contributed by atoms with Crippen molar-refractivity contribution in [1.82, 2.24) is 20.2 Å². The maximum atomic E-state index is 12.7. The van der Waals surface area contributed by atoms with Gasteiger partial charge in [-0.15, -0.1) is 24.8 Å². The monoisotopic (exact) mass is 459 g/mol. The molecule has 1 aliphatic rings. The van der Waals surface area contributed by atoms with Gasteiger partial charge in [0.05, 0.1) is 29.6 Å². The van der Waals surface area contributed by atoms with Gasteiger partial charge >= 0.3 is 0 Å². The van der Waals surface area contributed by atoms with Crippen LogP contribution in [0.2, 0.25) is 0 Å². The van der Waals surface area contributed by atoms with Crippen LogP contribution in [0, 0.1) is 0 Å². The predicted molar refractivity (Wildman–Crippen MR) is 122 cm³/mol. The Labute approximate surface area is 188 Å². The van der Waals surface area contributed by atoms with Crippen molar-refractivity contribution in [3.8, 4) is 0 Å². The number of carbonyl (C=O) groups is 1. The van der Waals surface area contributed by atoms with Crippen molar-refractivity contribution in [1.29, 1.82) is 0 Å². The van der Waals surface area contributed by atoms with Gasteiger partial charge in [0.15, 0.2) is 0 Å². The van der Waals surface area contributed by atoms with Crippen molar-refractivity contribution in [3.63, 3.8) is 0 Å². The third-order valence-corrected chi connectivity index (χ3v) is 5.61. The summed E-state index contributed by atoms with van der Waals surface area (Å²) in [6.45, 7) is 6.45. The van der Waals surface area contributed by atoms with E-state index in [9.17, 15) is 9.59 Å². The Morgan fingerprint density at radius 2 is 2.03 bits per heavy atom. The van der Waals surface area contributed by atoms with Gasteiger partial charge in [-0.05, 0) is 25.0 Å². The highest BCUT2D eigenvalue weighted by Crippen LogP contribution is 2.16. The van der Waals surface area contributed by atoms with Crippen LogP contribution in [-0.4, -0.2) is 58.7 Å². The molecular weight excluding hydrogens is 429 g/mol. The number of halogens is 2. The summed E-state index contributed by atoms with van der Waals surface area (Å²) in [5, 5.41) is 3.65. The van der Waals surface area contributed by atoms with Crippen LogP contribution in [0.1, 0.15) is 32.5 Å². The quantitative estimate of drug-likeness (QED) is 0.579. The first-order chi connectivity index (χ1) is 13.5. The van der Waals surface area contributed by atoms with Gasteiger partial charge < -0.3 is 20.8 Å². The summed E-state index contributed by atoms with van der Waals surface area (Å²) in [7, 11) is 0. The minimum absolute atomic E-state index is 0. The van der Waals surface area contributed by atoms with Crippen molar-refractivity contribution in [2.24, 2.45) is 5.73 Å². The molecule has 4 N–H and O–H groups in total. The van der Waals surface area contributed by atoms with Gasteiger partial charge in [-0.3, -0.25) is 14.5 Å². The van der Waals surface area contributed by atoms with Crippen LogP contribution in [0.3, 0.4) is 0 Å². The predicted octanol–water partition coefficient (Wildman–Crippen LogP) is 1.60. The zero-order valence-corrected chi connectivity index (χ0v) is 19.0. The molecule has 168 valence electrons. The lowest BCUT2D eigenvalue weighted by atomic mass is 9.92. The molecule has 1 amide bonds. The summed E-state index contributed by atoms with van der Waals surface area (Å²) in [6.07, 6.45) is 0.972. The Morgan fingerprint density at radius 1 is 1.33 bits per heavy atom. The topological polar surface area (TPSA) is 113 Å². The largest absolute Gasteiger partial charge is 0.366 e. The molecule has 0 aliphatic carbocycles. The molecule has 0 radical (unpaired) electrons. The number of morpholine rings is 1. The number of amides is 1. The number of benzene rings is 1. The first kappa shape index (κ1) is 26.3. The number of nitrogens with one attached hydrogen (secondary N) is 2. The van der Waals surface area contributed by atoms with E-state index in [1.807, 2.05) is 32.0 Å². The van der Waals surface area contributed by atoms with Crippen LogP contribution < -0.4 is 16.6 Å². The number of nitrogens with zero attached hydrogens (tertiary/aromatic N) is 2. The molecule has 0 spiro atoms. The van der Waals surface area contributed by atoms with Gasteiger partial charge in [0, 0.05) is 19.6 Å². The summed E-state index contributed by atoms with van der Waals surface area (Å²) in [6, 6.07) is 7.26. The Hall–Kier alpha value is -1.71. The summed E-state index contributed by atoms with van der Waals surface area (Å²) >= 11 is 0. The first-order valence-corrected chi connectivity index (χ1v) is 9.84. The van der Waals surface area contributed by atoms with Gasteiger partial charge in [0.2, 0.25) is 0 Å². The van der Waals surface area contributed by atoms with Crippen LogP contribution in [0.5, 0.6) is 0 Å². The molecule has 10 heteroatoms. The number of aromatic nitrogens is 2. The molecule has 3 rings (SSSR count). The number of ether oxygens (including phenoxy) is 1. The zero-order chi connectivity index (χ0) is 20.1. The van der Waals surface area contributed by atoms with Gasteiger partial charge in [-0.2, -0.15) is 0 Å². The van der Waals surface area contributed by atoms with Crippen molar-refractivity contribution in [3.05, 3.63) is 40.4 Å². The second kappa shape index (κ2) is 11.6. The molecule has 1 aromatic carbocycles. The zero-order valence-electron chi connectivity index (χ0n) is 17.3. The molecule has 1 saturated heterocycles. The third kappa shape index (κ3) is 5.92. The number of hydrogen-bond acceptors (Lipinski definition) is 6. The Bertz CT molecular complexity index is 880. The molecule has 1 fully saturated rings. The number of carbonyl (C=O) groups excluding carboxylic acids is 1. The maximum absolute atomic E-state index is 12.7. The number of H-pyrrole nitrogens is 1. The van der Waals surface area contributed by atoms with Gasteiger partial charge in [0.1, 0.15) is 11.9 Å². The Morgan fingerprint density at radius 3 is 2.70 bits per heavy atom. The number of rotatable bonds is 7. The summed E-state index contributed by atoms with van der Waals surface area (Å²) < 4.78 is 5.69. The fourth-order valence-electron chi connectivity index (χ4n) is 3.53. The van der Waals surface area contributed by atoms with E-state index >= 15 is 0 Å². The highest BCUT2D eigenvalue weighted by molar-refractivity contribution is 5.85. The summed E-state index contributed by atoms with van der Waals surface area (Å²) in [4.78, 5) is 34.4. The fraction of sp³-hybridized carbons (Fsp3) is 0.550. The van der Waals surface area contributed by atoms with Crippen molar-refractivity contribution in [2.75, 3.05) is 26.2 Å². The van der Waals surface area contributed by atoms with Crippen LogP contribution in [-0.2, 0) is 16.1 Å². The second-order valence-corrected chi connectivity index (χ2v) is 7.31. The smallest absolute Gasteiger partial charge is 0.258 e. The highest BCUT2D eigenvalue weighted by atomic mass is 35.5. The van der Waals surface area contributed by atoms with Gasteiger partial charge in [-0.1, -0.05) is 26.0 Å². The number of fused-ring (bicyclic) bond motifs is 1. The lowest BCUT2D eigenvalue weighted by Gasteiger charge is -2.36. The minimum atomic E-state index is -0.565. The van der Waals surface area contributed by atoms with E-state index in [1.165, 1.54) is 0 Å². The molecule has 1 unspecified atom stereocenters. The maximum Gasteiger partial charge on any atom is 0.258 e. The fourth-order valence-corrected chi connectivity index (χ4v) is 3.53. The number of aromatic amines is 1. The number of para-hydroxylation sites is 1. The molecule has 1 aliphatic heterocycles. The molecule has 1 aromatic heterocycles. The van der Waals surface area contributed by atoms with E-state index in [4.69, 9.17) is 10.5 Å². The summed E-state index contributed by atoms with van der Waals surface area (Å²) in [5.41, 5.74) is 6.01. The van der Waals surface area contributed by atoms with Crippen LogP contribution in [0.25, 0.3) is 10.9 Å². The van der Waals surface area contributed by atoms with Gasteiger partial charge in [0.25, 0.3) is 11.5 Å². The number of nitrogens with two attached hydrogens (primary N) is 1. The average Bonchev–Trinajstić information content (AvgIpc) is 2.72. The van der Waals surface area contributed by atoms with Crippen LogP contribution in [0.15, 0.2) is 29.1 Å². The van der Waals surface area contributed by atoms with E-state index in [1.54, 1.807) is 6.07 Å². The van der Waals surface area contributed by atoms with Crippen molar-refractivity contribution in [2.45, 2.75) is 44.9 Å². The van der Waals surface area contributed by atoms with E-state index in [-0.39, 0.29) is 36.3 Å². The molecule has 0 bridgehead atoms. The third-order valence-electron chi connectivity index (χ3n) is 5.61. The lowest BCUT2D eigenvalue weighted by Crippen LogP contribution is -2.58. The SMILES string of the molecule is CCC(CC)(CN)NC(=O)C1CN(Cc2nc3ccccc3c(=O)[nH]2)CCO1.Cl.Cl. The first-order valence-electron chi connectivity index (χ1n) is 9.84. The van der Waals surface area contributed by atoms with E-state index in [2.05, 4.69) is 20.2 Å². The van der Waals surface area contributed by atoms with Crippen LogP contribution >= 0.6 is 24.8 Å². The lowest BCUT2D eigenvalue weighted by molar-refractivity contribution is -0.141. The molecule has 2 heterocycles. The van der Waals surface area contributed by atoms with E-state index < -0.39 is 11.6 Å². The van der Waals surface area contributed by atoms with E-state index in [0.717, 1.165) is 12.8 Å². The Balaban J connectivity index is 0.00000225. The molecular formula is C20H31Cl2N5O3. The second-order valence-electron chi connectivity index (χ2n) is 7.31. The molecule has 2 aromatic rings.